The smallest absolute Gasteiger partial charge is 0.305 e. The quantitative estimate of drug-likeness (QED) is 0.263. The Hall–Kier alpha value is -3.24. The summed E-state index contributed by atoms with van der Waals surface area (Å²) >= 11 is 2.93. The maximum Gasteiger partial charge on any atom is 0.305 e. The molecule has 0 radical (unpaired) electrons. The minimum Gasteiger partial charge on any atom is -0.307 e. The minimum absolute atomic E-state index is 0.0171. The Morgan fingerprint density at radius 2 is 1.59 bits per heavy atom. The van der Waals surface area contributed by atoms with Crippen LogP contribution in [0, 0.1) is 39.7 Å². The van der Waals surface area contributed by atoms with Crippen LogP contribution in [0.15, 0.2) is 58.4 Å². The molecule has 8 nitrogen and oxygen atoms in total. The molecule has 3 aromatic rings. The molecule has 10 heteroatoms. The molecule has 2 aliphatic carbocycles. The fraction of sp³-hybridized carbons (Fsp3) is 0.414. The lowest BCUT2D eigenvalue weighted by molar-refractivity contribution is -0.384. The SMILES string of the molecule is CC(C)(C)c1ccc(C2c3sc(=O)[nH]c3SC3C2[C@H]2C[C@@H]3C3C(=O)N(c4ccc([N+](=O)[O-])cc4)C(=O)C32)cc1. The number of thiazole rings is 1. The minimum atomic E-state index is -0.495. The zero-order valence-electron chi connectivity index (χ0n) is 21.6. The molecular formula is C29H27N3O5S2. The van der Waals surface area contributed by atoms with Gasteiger partial charge in [0.2, 0.25) is 11.8 Å². The summed E-state index contributed by atoms with van der Waals surface area (Å²) in [6.07, 6.45) is 0.818. The van der Waals surface area contributed by atoms with E-state index in [0.717, 1.165) is 21.9 Å². The van der Waals surface area contributed by atoms with Gasteiger partial charge >= 0.3 is 4.87 Å². The van der Waals surface area contributed by atoms with Crippen molar-refractivity contribution in [2.45, 2.75) is 48.8 Å². The van der Waals surface area contributed by atoms with Gasteiger partial charge in [-0.1, -0.05) is 56.4 Å². The van der Waals surface area contributed by atoms with Crippen LogP contribution in [0.1, 0.15) is 49.1 Å². The molecule has 1 saturated heterocycles. The van der Waals surface area contributed by atoms with Crippen LogP contribution in [0.2, 0.25) is 0 Å². The summed E-state index contributed by atoms with van der Waals surface area (Å²) in [6.45, 7) is 6.54. The van der Waals surface area contributed by atoms with Gasteiger partial charge in [-0.3, -0.25) is 29.4 Å². The largest absolute Gasteiger partial charge is 0.307 e. The first-order valence-corrected chi connectivity index (χ1v) is 14.9. The second kappa shape index (κ2) is 8.38. The third-order valence-corrected chi connectivity index (χ3v) is 11.8. The number of nitrogens with one attached hydrogen (secondary N) is 1. The maximum atomic E-state index is 13.8. The van der Waals surface area contributed by atoms with Crippen molar-refractivity contribution >= 4 is 46.3 Å². The molecule has 2 saturated carbocycles. The lowest BCUT2D eigenvalue weighted by Gasteiger charge is -2.43. The van der Waals surface area contributed by atoms with Crippen LogP contribution in [0.25, 0.3) is 0 Å². The van der Waals surface area contributed by atoms with Crippen LogP contribution in [0.3, 0.4) is 0 Å². The Morgan fingerprint density at radius 3 is 2.21 bits per heavy atom. The Kier molecular flexibility index (Phi) is 5.32. The number of hydrogen-bond acceptors (Lipinski definition) is 7. The number of nitro groups is 1. The van der Waals surface area contributed by atoms with Crippen molar-refractivity contribution in [2.75, 3.05) is 4.90 Å². The van der Waals surface area contributed by atoms with Crippen LogP contribution >= 0.6 is 23.1 Å². The second-order valence-corrected chi connectivity index (χ2v) is 14.3. The van der Waals surface area contributed by atoms with Crippen LogP contribution in [-0.4, -0.2) is 27.0 Å². The van der Waals surface area contributed by atoms with E-state index in [9.17, 15) is 24.5 Å². The number of aromatic amines is 1. The maximum absolute atomic E-state index is 13.8. The Morgan fingerprint density at radius 1 is 0.949 bits per heavy atom. The average Bonchev–Trinajstić information content (AvgIpc) is 3.62. The predicted molar refractivity (Wildman–Crippen MR) is 149 cm³/mol. The van der Waals surface area contributed by atoms with E-state index < -0.39 is 16.8 Å². The number of nitro benzene ring substituents is 1. The summed E-state index contributed by atoms with van der Waals surface area (Å²) in [7, 11) is 0. The van der Waals surface area contributed by atoms with Gasteiger partial charge in [0.05, 0.1) is 27.5 Å². The molecule has 0 spiro atoms. The standard InChI is InChI=1S/C29H27N3O5S2/c1-29(2,3)14-6-4-13(5-7-14)19-20-17-12-18(23(20)38-25-24(19)39-28(35)30-25)22-21(17)26(33)31(27(22)34)15-8-10-16(11-9-15)32(36)37/h4-11,17-23H,12H2,1-3H3,(H,30,35)/t17-,18-,19?,20?,21?,22?,23?/m1/s1. The molecule has 2 aromatic carbocycles. The molecular weight excluding hydrogens is 534 g/mol. The topological polar surface area (TPSA) is 113 Å². The third-order valence-electron chi connectivity index (χ3n) is 9.18. The molecule has 3 fully saturated rings. The van der Waals surface area contributed by atoms with Crippen molar-refractivity contribution < 1.29 is 14.5 Å². The third kappa shape index (κ3) is 3.53. The van der Waals surface area contributed by atoms with E-state index in [-0.39, 0.29) is 56.7 Å². The van der Waals surface area contributed by atoms with E-state index >= 15 is 0 Å². The van der Waals surface area contributed by atoms with Gasteiger partial charge < -0.3 is 4.98 Å². The number of benzene rings is 2. The van der Waals surface area contributed by atoms with Crippen LogP contribution in [0.4, 0.5) is 11.4 Å². The lowest BCUT2D eigenvalue weighted by atomic mass is 9.68. The number of rotatable bonds is 3. The Labute approximate surface area is 233 Å². The molecule has 3 heterocycles. The number of non-ortho nitro benzene ring substituents is 1. The Bertz CT molecular complexity index is 1590. The fourth-order valence-electron chi connectivity index (χ4n) is 7.56. The lowest BCUT2D eigenvalue weighted by Crippen LogP contribution is -2.42. The monoisotopic (exact) mass is 561 g/mol. The molecule has 7 rings (SSSR count). The van der Waals surface area contributed by atoms with Crippen molar-refractivity contribution in [3.05, 3.63) is 84.3 Å². The molecule has 2 aliphatic heterocycles. The molecule has 1 aromatic heterocycles. The van der Waals surface area contributed by atoms with Gasteiger partial charge in [0, 0.05) is 28.2 Å². The number of H-pyrrole nitrogens is 1. The van der Waals surface area contributed by atoms with Crippen molar-refractivity contribution in [3.63, 3.8) is 0 Å². The first kappa shape index (κ1) is 24.8. The average molecular weight is 562 g/mol. The van der Waals surface area contributed by atoms with Gasteiger partial charge in [-0.2, -0.15) is 0 Å². The highest BCUT2D eigenvalue weighted by atomic mass is 32.2. The molecule has 7 atom stereocenters. The van der Waals surface area contributed by atoms with Gasteiger partial charge in [0.1, 0.15) is 0 Å². The van der Waals surface area contributed by atoms with Gasteiger partial charge in [-0.05, 0) is 52.8 Å². The van der Waals surface area contributed by atoms with E-state index in [0.29, 0.717) is 5.69 Å². The number of carbonyl (C=O) groups is 2. The highest BCUT2D eigenvalue weighted by Gasteiger charge is 2.69. The molecule has 4 aliphatic rings. The first-order chi connectivity index (χ1) is 18.5. The molecule has 2 bridgehead atoms. The summed E-state index contributed by atoms with van der Waals surface area (Å²) in [6, 6.07) is 14.3. The molecule has 2 amide bonds. The first-order valence-electron chi connectivity index (χ1n) is 13.2. The molecule has 39 heavy (non-hydrogen) atoms. The number of hydrogen-bond donors (Lipinski definition) is 1. The Balaban J connectivity index is 1.28. The number of anilines is 1. The molecule has 5 unspecified atom stereocenters. The number of aromatic nitrogens is 1. The van der Waals surface area contributed by atoms with Crippen molar-refractivity contribution in [2.24, 2.45) is 29.6 Å². The van der Waals surface area contributed by atoms with Gasteiger partial charge in [0.25, 0.3) is 5.69 Å². The summed E-state index contributed by atoms with van der Waals surface area (Å²) in [5.74, 6) is -1.05. The fourth-order valence-corrected chi connectivity index (χ4v) is 10.4. The van der Waals surface area contributed by atoms with Gasteiger partial charge in [-0.15, -0.1) is 11.8 Å². The number of amides is 2. The summed E-state index contributed by atoms with van der Waals surface area (Å²) in [4.78, 5) is 55.9. The van der Waals surface area contributed by atoms with E-state index in [1.54, 1.807) is 11.8 Å². The van der Waals surface area contributed by atoms with Crippen LogP contribution in [0.5, 0.6) is 0 Å². The van der Waals surface area contributed by atoms with E-state index in [1.807, 2.05) is 0 Å². The van der Waals surface area contributed by atoms with Crippen molar-refractivity contribution in [1.82, 2.24) is 4.98 Å². The number of thioether (sulfide) groups is 1. The number of nitrogens with zero attached hydrogens (tertiary/aromatic N) is 2. The highest BCUT2D eigenvalue weighted by molar-refractivity contribution is 8.00. The van der Waals surface area contributed by atoms with E-state index in [2.05, 4.69) is 50.0 Å². The van der Waals surface area contributed by atoms with Gasteiger partial charge in [0.15, 0.2) is 0 Å². The van der Waals surface area contributed by atoms with Crippen molar-refractivity contribution in [1.29, 1.82) is 0 Å². The number of imide groups is 1. The zero-order valence-corrected chi connectivity index (χ0v) is 23.3. The summed E-state index contributed by atoms with van der Waals surface area (Å²) in [5, 5.41) is 12.1. The van der Waals surface area contributed by atoms with E-state index in [1.165, 1.54) is 46.1 Å². The van der Waals surface area contributed by atoms with Crippen LogP contribution < -0.4 is 9.77 Å². The number of fused-ring (bicyclic) bond motifs is 9. The van der Waals surface area contributed by atoms with E-state index in [4.69, 9.17) is 0 Å². The number of carbonyl (C=O) groups excluding carboxylic acids is 2. The van der Waals surface area contributed by atoms with Crippen molar-refractivity contribution in [3.8, 4) is 0 Å². The summed E-state index contributed by atoms with van der Waals surface area (Å²) < 4.78 is 0. The molecule has 1 N–H and O–H groups in total. The second-order valence-electron chi connectivity index (χ2n) is 12.1. The summed E-state index contributed by atoms with van der Waals surface area (Å²) in [5.41, 5.74) is 2.70. The predicted octanol–water partition coefficient (Wildman–Crippen LogP) is 5.32. The normalized spacial score (nSPS) is 30.8. The zero-order chi connectivity index (χ0) is 27.4. The highest BCUT2D eigenvalue weighted by Crippen LogP contribution is 2.68. The molecule has 200 valence electrons. The van der Waals surface area contributed by atoms with Crippen LogP contribution in [-0.2, 0) is 15.0 Å². The van der Waals surface area contributed by atoms with Gasteiger partial charge in [-0.25, -0.2) is 0 Å².